The standard InChI is InChI=1S/C20H22ClN3O2/c1-2-19(25)24-13-11-23(12-14-24)16-9-7-15(8-10-16)22-20(26)17-5-3-4-6-18(17)21/h3-10H,2,11-14H2,1H3,(H,22,26). The van der Waals surface area contributed by atoms with E-state index in [-0.39, 0.29) is 11.8 Å². The molecule has 0 saturated carbocycles. The van der Waals surface area contributed by atoms with Crippen molar-refractivity contribution in [3.63, 3.8) is 0 Å². The molecule has 0 unspecified atom stereocenters. The second-order valence-corrected chi connectivity index (χ2v) is 6.61. The maximum Gasteiger partial charge on any atom is 0.257 e. The molecule has 1 saturated heterocycles. The van der Waals surface area contributed by atoms with Crippen LogP contribution in [0.25, 0.3) is 0 Å². The van der Waals surface area contributed by atoms with E-state index in [1.165, 1.54) is 0 Å². The van der Waals surface area contributed by atoms with Crippen molar-refractivity contribution in [2.45, 2.75) is 13.3 Å². The Bertz CT molecular complexity index is 784. The molecule has 0 atom stereocenters. The molecule has 2 aromatic rings. The molecule has 0 aliphatic carbocycles. The summed E-state index contributed by atoms with van der Waals surface area (Å²) in [6.07, 6.45) is 0.555. The quantitative estimate of drug-likeness (QED) is 0.892. The number of halogens is 1. The third-order valence-electron chi connectivity index (χ3n) is 4.54. The third-order valence-corrected chi connectivity index (χ3v) is 4.87. The molecule has 1 heterocycles. The number of benzene rings is 2. The molecule has 136 valence electrons. The van der Waals surface area contributed by atoms with Crippen LogP contribution in [0, 0.1) is 0 Å². The van der Waals surface area contributed by atoms with E-state index < -0.39 is 0 Å². The summed E-state index contributed by atoms with van der Waals surface area (Å²) in [5, 5.41) is 3.30. The average Bonchev–Trinajstić information content (AvgIpc) is 2.68. The van der Waals surface area contributed by atoms with Gasteiger partial charge in [0.25, 0.3) is 5.91 Å². The van der Waals surface area contributed by atoms with Crippen LogP contribution in [0.3, 0.4) is 0 Å². The van der Waals surface area contributed by atoms with Crippen molar-refractivity contribution in [1.82, 2.24) is 4.90 Å². The SMILES string of the molecule is CCC(=O)N1CCN(c2ccc(NC(=O)c3ccccc3Cl)cc2)CC1. The number of carbonyl (C=O) groups is 2. The highest BCUT2D eigenvalue weighted by molar-refractivity contribution is 6.34. The van der Waals surface area contributed by atoms with Crippen LogP contribution >= 0.6 is 11.6 Å². The van der Waals surface area contributed by atoms with Gasteiger partial charge in [0, 0.05) is 44.0 Å². The molecule has 2 amide bonds. The van der Waals surface area contributed by atoms with Crippen LogP contribution in [0.5, 0.6) is 0 Å². The number of piperazine rings is 1. The fourth-order valence-corrected chi connectivity index (χ4v) is 3.26. The van der Waals surface area contributed by atoms with Crippen molar-refractivity contribution < 1.29 is 9.59 Å². The molecule has 0 radical (unpaired) electrons. The van der Waals surface area contributed by atoms with Gasteiger partial charge < -0.3 is 15.1 Å². The van der Waals surface area contributed by atoms with Gasteiger partial charge in [0.2, 0.25) is 5.91 Å². The van der Waals surface area contributed by atoms with Gasteiger partial charge in [0.05, 0.1) is 10.6 Å². The van der Waals surface area contributed by atoms with Crippen molar-refractivity contribution in [3.05, 3.63) is 59.1 Å². The predicted molar refractivity (Wildman–Crippen MR) is 105 cm³/mol. The van der Waals surface area contributed by atoms with Gasteiger partial charge in [-0.15, -0.1) is 0 Å². The van der Waals surface area contributed by atoms with E-state index in [0.29, 0.717) is 17.0 Å². The number of hydrogen-bond donors (Lipinski definition) is 1. The van der Waals surface area contributed by atoms with E-state index in [1.807, 2.05) is 36.1 Å². The Morgan fingerprint density at radius 1 is 1.00 bits per heavy atom. The molecule has 26 heavy (non-hydrogen) atoms. The molecule has 2 aromatic carbocycles. The number of nitrogens with zero attached hydrogens (tertiary/aromatic N) is 2. The van der Waals surface area contributed by atoms with Gasteiger partial charge in [0.1, 0.15) is 0 Å². The summed E-state index contributed by atoms with van der Waals surface area (Å²) in [5.41, 5.74) is 2.26. The minimum atomic E-state index is -0.227. The zero-order valence-electron chi connectivity index (χ0n) is 14.7. The smallest absolute Gasteiger partial charge is 0.257 e. The van der Waals surface area contributed by atoms with Crippen LogP contribution in [0.2, 0.25) is 5.02 Å². The molecule has 6 heteroatoms. The van der Waals surface area contributed by atoms with E-state index in [2.05, 4.69) is 10.2 Å². The lowest BCUT2D eigenvalue weighted by molar-refractivity contribution is -0.131. The molecule has 3 rings (SSSR count). The average molecular weight is 372 g/mol. The number of carbonyl (C=O) groups excluding carboxylic acids is 2. The van der Waals surface area contributed by atoms with Crippen LogP contribution < -0.4 is 10.2 Å². The first-order valence-corrected chi connectivity index (χ1v) is 9.15. The van der Waals surface area contributed by atoms with E-state index in [4.69, 9.17) is 11.6 Å². The van der Waals surface area contributed by atoms with Gasteiger partial charge in [-0.2, -0.15) is 0 Å². The number of rotatable bonds is 4. The zero-order valence-corrected chi connectivity index (χ0v) is 15.5. The Balaban J connectivity index is 1.60. The van der Waals surface area contributed by atoms with Crippen molar-refractivity contribution in [1.29, 1.82) is 0 Å². The lowest BCUT2D eigenvalue weighted by Gasteiger charge is -2.36. The zero-order chi connectivity index (χ0) is 18.5. The summed E-state index contributed by atoms with van der Waals surface area (Å²) < 4.78 is 0. The fraction of sp³-hybridized carbons (Fsp3) is 0.300. The van der Waals surface area contributed by atoms with Crippen LogP contribution in [0.15, 0.2) is 48.5 Å². The first-order chi connectivity index (χ1) is 12.6. The van der Waals surface area contributed by atoms with Gasteiger partial charge in [-0.1, -0.05) is 30.7 Å². The Morgan fingerprint density at radius 2 is 1.65 bits per heavy atom. The maximum absolute atomic E-state index is 12.3. The molecule has 5 nitrogen and oxygen atoms in total. The molecule has 0 bridgehead atoms. The minimum Gasteiger partial charge on any atom is -0.368 e. The minimum absolute atomic E-state index is 0.210. The predicted octanol–water partition coefficient (Wildman–Crippen LogP) is 3.65. The maximum atomic E-state index is 12.3. The first kappa shape index (κ1) is 18.3. The lowest BCUT2D eigenvalue weighted by atomic mass is 10.2. The largest absolute Gasteiger partial charge is 0.368 e. The van der Waals surface area contributed by atoms with Crippen LogP contribution in [-0.2, 0) is 4.79 Å². The van der Waals surface area contributed by atoms with Crippen molar-refractivity contribution in [3.8, 4) is 0 Å². The van der Waals surface area contributed by atoms with E-state index >= 15 is 0 Å². The number of hydrogen-bond acceptors (Lipinski definition) is 3. The fourth-order valence-electron chi connectivity index (χ4n) is 3.04. The molecular weight excluding hydrogens is 350 g/mol. The van der Waals surface area contributed by atoms with Gasteiger partial charge in [-0.05, 0) is 36.4 Å². The Labute approximate surface area is 158 Å². The lowest BCUT2D eigenvalue weighted by Crippen LogP contribution is -2.48. The first-order valence-electron chi connectivity index (χ1n) is 8.77. The number of anilines is 2. The van der Waals surface area contributed by atoms with Crippen LogP contribution in [-0.4, -0.2) is 42.9 Å². The van der Waals surface area contributed by atoms with Gasteiger partial charge >= 0.3 is 0 Å². The van der Waals surface area contributed by atoms with Gasteiger partial charge in [-0.3, -0.25) is 9.59 Å². The van der Waals surface area contributed by atoms with E-state index in [1.54, 1.807) is 24.3 Å². The van der Waals surface area contributed by atoms with E-state index in [9.17, 15) is 9.59 Å². The monoisotopic (exact) mass is 371 g/mol. The van der Waals surface area contributed by atoms with Crippen molar-refractivity contribution in [2.75, 3.05) is 36.4 Å². The normalized spacial score (nSPS) is 14.2. The Morgan fingerprint density at radius 3 is 2.27 bits per heavy atom. The molecule has 1 aliphatic heterocycles. The van der Waals surface area contributed by atoms with Crippen molar-refractivity contribution >= 4 is 34.8 Å². The second-order valence-electron chi connectivity index (χ2n) is 6.20. The summed E-state index contributed by atoms with van der Waals surface area (Å²) in [4.78, 5) is 28.2. The highest BCUT2D eigenvalue weighted by Crippen LogP contribution is 2.21. The third kappa shape index (κ3) is 4.17. The summed E-state index contributed by atoms with van der Waals surface area (Å²) in [7, 11) is 0. The highest BCUT2D eigenvalue weighted by Gasteiger charge is 2.20. The second kappa shape index (κ2) is 8.23. The molecule has 1 aliphatic rings. The Kier molecular flexibility index (Phi) is 5.78. The summed E-state index contributed by atoms with van der Waals surface area (Å²) >= 11 is 6.06. The van der Waals surface area contributed by atoms with Crippen LogP contribution in [0.1, 0.15) is 23.7 Å². The van der Waals surface area contributed by atoms with Gasteiger partial charge in [-0.25, -0.2) is 0 Å². The summed E-state index contributed by atoms with van der Waals surface area (Å²) in [5.74, 6) is -0.0164. The molecule has 0 aromatic heterocycles. The molecular formula is C20H22ClN3O2. The van der Waals surface area contributed by atoms with Crippen LogP contribution in [0.4, 0.5) is 11.4 Å². The van der Waals surface area contributed by atoms with E-state index in [0.717, 1.165) is 37.6 Å². The molecule has 1 N–H and O–H groups in total. The summed E-state index contributed by atoms with van der Waals surface area (Å²) in [6.45, 7) is 5.02. The Hall–Kier alpha value is -2.53. The number of nitrogens with one attached hydrogen (secondary N) is 1. The highest BCUT2D eigenvalue weighted by atomic mass is 35.5. The number of amides is 2. The molecule has 1 fully saturated rings. The topological polar surface area (TPSA) is 52.7 Å². The van der Waals surface area contributed by atoms with Crippen molar-refractivity contribution in [2.24, 2.45) is 0 Å². The summed E-state index contributed by atoms with van der Waals surface area (Å²) in [6, 6.07) is 14.7. The molecule has 0 spiro atoms. The van der Waals surface area contributed by atoms with Gasteiger partial charge in [0.15, 0.2) is 0 Å².